The number of pyridine rings is 1. The van der Waals surface area contributed by atoms with Gasteiger partial charge in [0.25, 0.3) is 0 Å². The number of nitrogens with zero attached hydrogens (tertiary/aromatic N) is 1. The van der Waals surface area contributed by atoms with Gasteiger partial charge < -0.3 is 11.9 Å². The van der Waals surface area contributed by atoms with Crippen molar-refractivity contribution in [2.45, 2.75) is 12.3 Å². The third-order valence-electron chi connectivity index (χ3n) is 2.73. The van der Waals surface area contributed by atoms with E-state index in [1.54, 1.807) is 6.20 Å². The average Bonchev–Trinajstić information content (AvgIpc) is 2.38. The minimum Gasteiger partial charge on any atom is -0.369 e. The van der Waals surface area contributed by atoms with Crippen LogP contribution in [0.2, 0.25) is 0 Å². The maximum absolute atomic E-state index is 11.6. The molecule has 2 aromatic rings. The lowest BCUT2D eigenvalue weighted by Gasteiger charge is -2.12. The maximum Gasteiger partial charge on any atom is 0.226 e. The minimum absolute atomic E-state index is 0. The number of hydrogen-bond donors (Lipinski definition) is 2. The third-order valence-corrected chi connectivity index (χ3v) is 3.20. The number of primary amides is 1. The molecular weight excluding hydrogens is 306 g/mol. The number of carbonyl (C=O) groups is 1. The Kier molecular flexibility index (Phi) is 5.66. The monoisotopic (exact) mass is 321 g/mol. The minimum atomic E-state index is -0.388. The van der Waals surface area contributed by atoms with Crippen LogP contribution in [0.15, 0.2) is 53.1 Å². The van der Waals surface area contributed by atoms with E-state index in [1.807, 2.05) is 42.5 Å². The predicted molar refractivity (Wildman–Crippen MR) is 79.0 cm³/mol. The Morgan fingerprint density at radius 1 is 1.21 bits per heavy atom. The lowest BCUT2D eigenvalue weighted by molar-refractivity contribution is -0.119. The number of amides is 1. The summed E-state index contributed by atoms with van der Waals surface area (Å²) < 4.78 is 0.884. The van der Waals surface area contributed by atoms with E-state index < -0.39 is 0 Å². The Morgan fingerprint density at radius 2 is 1.89 bits per heavy atom. The van der Waals surface area contributed by atoms with E-state index in [4.69, 9.17) is 5.73 Å². The van der Waals surface area contributed by atoms with Crippen LogP contribution in [0.3, 0.4) is 0 Å². The molecule has 0 radical (unpaired) electrons. The van der Waals surface area contributed by atoms with Gasteiger partial charge in [-0.3, -0.25) is 9.78 Å². The second-order valence-corrected chi connectivity index (χ2v) is 4.96. The van der Waals surface area contributed by atoms with Crippen LogP contribution >= 0.6 is 15.9 Å². The maximum atomic E-state index is 11.6. The van der Waals surface area contributed by atoms with Gasteiger partial charge in [-0.2, -0.15) is 0 Å². The number of rotatable bonds is 4. The number of aromatic nitrogens is 1. The lowest BCUT2D eigenvalue weighted by Crippen LogP contribution is -2.24. The van der Waals surface area contributed by atoms with Crippen molar-refractivity contribution in [2.75, 3.05) is 0 Å². The van der Waals surface area contributed by atoms with E-state index in [9.17, 15) is 4.79 Å². The molecule has 0 bridgehead atoms. The highest BCUT2D eigenvalue weighted by Gasteiger charge is 2.19. The van der Waals surface area contributed by atoms with E-state index in [0.717, 1.165) is 10.0 Å². The van der Waals surface area contributed by atoms with Crippen LogP contribution in [0.5, 0.6) is 0 Å². The molecule has 19 heavy (non-hydrogen) atoms. The Balaban J connectivity index is 0.00000180. The van der Waals surface area contributed by atoms with Crippen molar-refractivity contribution in [3.8, 4) is 0 Å². The molecule has 1 heterocycles. The van der Waals surface area contributed by atoms with Crippen molar-refractivity contribution in [1.29, 1.82) is 0 Å². The highest BCUT2D eigenvalue weighted by Crippen LogP contribution is 2.20. The molecule has 0 spiro atoms. The van der Waals surface area contributed by atoms with Gasteiger partial charge in [0.15, 0.2) is 0 Å². The van der Waals surface area contributed by atoms with Crippen molar-refractivity contribution in [2.24, 2.45) is 5.73 Å². The summed E-state index contributed by atoms with van der Waals surface area (Å²) >= 11 is 3.32. The third kappa shape index (κ3) is 4.15. The molecule has 0 aliphatic heterocycles. The number of nitrogens with two attached hydrogens (primary N) is 1. The molecule has 2 rings (SSSR count). The Labute approximate surface area is 120 Å². The van der Waals surface area contributed by atoms with Crippen LogP contribution in [0.4, 0.5) is 0 Å². The Bertz CT molecular complexity index is 528. The van der Waals surface area contributed by atoms with Gasteiger partial charge in [0.1, 0.15) is 0 Å². The average molecular weight is 322 g/mol. The van der Waals surface area contributed by atoms with Crippen LogP contribution in [0.1, 0.15) is 17.2 Å². The first-order valence-corrected chi connectivity index (χ1v) is 6.41. The standard InChI is InChI=1S/C14H13BrN2O.H3N/c15-11-6-7-13(17-9-11)12(14(16)18)8-10-4-2-1-3-5-10;/h1-7,9,12H,8H2,(H2,16,18);1H3. The summed E-state index contributed by atoms with van der Waals surface area (Å²) in [4.78, 5) is 15.8. The topological polar surface area (TPSA) is 91.0 Å². The van der Waals surface area contributed by atoms with Crippen molar-refractivity contribution in [1.82, 2.24) is 11.1 Å². The molecule has 5 heteroatoms. The summed E-state index contributed by atoms with van der Waals surface area (Å²) in [6, 6.07) is 13.5. The largest absolute Gasteiger partial charge is 0.369 e. The molecule has 1 aromatic carbocycles. The van der Waals surface area contributed by atoms with Gasteiger partial charge in [0.05, 0.1) is 11.6 Å². The molecular formula is C14H16BrN3O. The van der Waals surface area contributed by atoms with E-state index in [-0.39, 0.29) is 18.0 Å². The summed E-state index contributed by atoms with van der Waals surface area (Å²) in [5, 5.41) is 0. The SMILES string of the molecule is N.NC(=O)C(Cc1ccccc1)c1ccc(Br)cn1. The molecule has 0 saturated heterocycles. The zero-order valence-corrected chi connectivity index (χ0v) is 12.0. The quantitative estimate of drug-likeness (QED) is 0.907. The van der Waals surface area contributed by atoms with Gasteiger partial charge in [0.2, 0.25) is 5.91 Å². The van der Waals surface area contributed by atoms with Crippen molar-refractivity contribution in [3.63, 3.8) is 0 Å². The lowest BCUT2D eigenvalue weighted by atomic mass is 9.95. The first kappa shape index (κ1) is 15.3. The zero-order valence-electron chi connectivity index (χ0n) is 10.4. The van der Waals surface area contributed by atoms with Crippen LogP contribution < -0.4 is 11.9 Å². The molecule has 5 N–H and O–H groups in total. The second-order valence-electron chi connectivity index (χ2n) is 4.05. The smallest absolute Gasteiger partial charge is 0.226 e. The second kappa shape index (κ2) is 7.01. The van der Waals surface area contributed by atoms with Crippen molar-refractivity contribution < 1.29 is 4.79 Å². The molecule has 4 nitrogen and oxygen atoms in total. The number of hydrogen-bond acceptors (Lipinski definition) is 3. The molecule has 0 aliphatic carbocycles. The fraction of sp³-hybridized carbons (Fsp3) is 0.143. The molecule has 1 aromatic heterocycles. The molecule has 100 valence electrons. The van der Waals surface area contributed by atoms with Crippen LogP contribution in [0.25, 0.3) is 0 Å². The van der Waals surface area contributed by atoms with Gasteiger partial charge in [-0.15, -0.1) is 0 Å². The molecule has 1 amide bonds. The summed E-state index contributed by atoms with van der Waals surface area (Å²) in [7, 11) is 0. The van der Waals surface area contributed by atoms with Gasteiger partial charge in [-0.1, -0.05) is 30.3 Å². The summed E-state index contributed by atoms with van der Waals surface area (Å²) in [6.45, 7) is 0. The van der Waals surface area contributed by atoms with E-state index >= 15 is 0 Å². The fourth-order valence-electron chi connectivity index (χ4n) is 1.79. The molecule has 0 saturated carbocycles. The van der Waals surface area contributed by atoms with E-state index in [2.05, 4.69) is 20.9 Å². The molecule has 1 atom stereocenters. The Hall–Kier alpha value is -1.72. The van der Waals surface area contributed by atoms with E-state index in [1.165, 1.54) is 0 Å². The first-order chi connectivity index (χ1) is 8.66. The highest BCUT2D eigenvalue weighted by atomic mass is 79.9. The zero-order chi connectivity index (χ0) is 13.0. The first-order valence-electron chi connectivity index (χ1n) is 5.61. The molecule has 0 aliphatic rings. The van der Waals surface area contributed by atoms with Crippen molar-refractivity contribution >= 4 is 21.8 Å². The fourth-order valence-corrected chi connectivity index (χ4v) is 2.03. The van der Waals surface area contributed by atoms with Gasteiger partial charge >= 0.3 is 0 Å². The molecule has 1 unspecified atom stereocenters. The van der Waals surface area contributed by atoms with Gasteiger partial charge in [-0.05, 0) is 40.0 Å². The van der Waals surface area contributed by atoms with E-state index in [0.29, 0.717) is 12.1 Å². The number of halogens is 1. The van der Waals surface area contributed by atoms with Crippen molar-refractivity contribution in [3.05, 3.63) is 64.4 Å². The number of carbonyl (C=O) groups excluding carboxylic acids is 1. The molecule has 0 fully saturated rings. The summed E-state index contributed by atoms with van der Waals surface area (Å²) in [5.41, 5.74) is 7.24. The van der Waals surface area contributed by atoms with Crippen LogP contribution in [-0.4, -0.2) is 10.9 Å². The summed E-state index contributed by atoms with van der Waals surface area (Å²) in [5.74, 6) is -0.742. The Morgan fingerprint density at radius 3 is 2.42 bits per heavy atom. The number of benzene rings is 1. The van der Waals surface area contributed by atoms with Gasteiger partial charge in [-0.25, -0.2) is 0 Å². The predicted octanol–water partition coefficient (Wildman–Crippen LogP) is 2.82. The highest BCUT2D eigenvalue weighted by molar-refractivity contribution is 9.10. The normalized spacial score (nSPS) is 11.4. The van der Waals surface area contributed by atoms with Gasteiger partial charge in [0, 0.05) is 10.7 Å². The van der Waals surface area contributed by atoms with Crippen LogP contribution in [0, 0.1) is 0 Å². The van der Waals surface area contributed by atoms with Crippen LogP contribution in [-0.2, 0) is 11.2 Å². The summed E-state index contributed by atoms with van der Waals surface area (Å²) in [6.07, 6.45) is 2.25.